The number of aryl methyl sites for hydroxylation is 1. The van der Waals surface area contributed by atoms with Crippen molar-refractivity contribution in [1.29, 1.82) is 0 Å². The lowest BCUT2D eigenvalue weighted by Gasteiger charge is -2.17. The topological polar surface area (TPSA) is 73.6 Å². The smallest absolute Gasteiger partial charge is 0.262 e. The van der Waals surface area contributed by atoms with Crippen LogP contribution in [0, 0.1) is 5.92 Å². The van der Waals surface area contributed by atoms with Gasteiger partial charge in [0.1, 0.15) is 29.0 Å². The molecule has 0 saturated heterocycles. The van der Waals surface area contributed by atoms with Crippen LogP contribution in [-0.4, -0.2) is 34.5 Å². The quantitative estimate of drug-likeness (QED) is 0.689. The first kappa shape index (κ1) is 19.0. The molecule has 3 aromatic rings. The van der Waals surface area contributed by atoms with Gasteiger partial charge >= 0.3 is 0 Å². The summed E-state index contributed by atoms with van der Waals surface area (Å²) in [5, 5.41) is 11.1. The third-order valence-corrected chi connectivity index (χ3v) is 6.35. The maximum atomic E-state index is 13.0. The van der Waals surface area contributed by atoms with E-state index in [-0.39, 0.29) is 18.7 Å². The summed E-state index contributed by atoms with van der Waals surface area (Å²) in [5.41, 5.74) is 1.09. The Morgan fingerprint density at radius 3 is 2.82 bits per heavy atom. The Labute approximate surface area is 167 Å². The molecule has 1 aromatic carbocycles. The number of fused-ring (bicyclic) bond motifs is 3. The van der Waals surface area contributed by atoms with Crippen LogP contribution in [0.15, 0.2) is 35.4 Å². The van der Waals surface area contributed by atoms with Crippen LogP contribution in [0.5, 0.6) is 11.5 Å². The van der Waals surface area contributed by atoms with Crippen LogP contribution in [0.25, 0.3) is 10.2 Å². The molecule has 2 atom stereocenters. The van der Waals surface area contributed by atoms with Crippen LogP contribution in [0.3, 0.4) is 0 Å². The summed E-state index contributed by atoms with van der Waals surface area (Å²) in [4.78, 5) is 19.6. The molecule has 4 rings (SSSR count). The Morgan fingerprint density at radius 2 is 2.07 bits per heavy atom. The summed E-state index contributed by atoms with van der Waals surface area (Å²) in [7, 11) is 1.60. The van der Waals surface area contributed by atoms with Crippen molar-refractivity contribution >= 4 is 21.6 Å². The van der Waals surface area contributed by atoms with Gasteiger partial charge in [0, 0.05) is 4.88 Å². The molecule has 0 spiro atoms. The van der Waals surface area contributed by atoms with Crippen molar-refractivity contribution in [3.8, 4) is 11.5 Å². The van der Waals surface area contributed by atoms with Gasteiger partial charge in [-0.15, -0.1) is 11.3 Å². The number of hydrogen-bond acceptors (Lipinski definition) is 6. The molecule has 7 heteroatoms. The molecule has 0 amide bonds. The predicted molar refractivity (Wildman–Crippen MR) is 110 cm³/mol. The number of hydrogen-bond donors (Lipinski definition) is 1. The lowest BCUT2D eigenvalue weighted by Crippen LogP contribution is -2.30. The summed E-state index contributed by atoms with van der Waals surface area (Å²) in [5.74, 6) is 2.04. The fourth-order valence-corrected chi connectivity index (χ4v) is 4.98. The van der Waals surface area contributed by atoms with Crippen LogP contribution in [-0.2, 0) is 19.4 Å². The molecular formula is C21H24N2O4S. The average molecular weight is 401 g/mol. The minimum Gasteiger partial charge on any atom is -0.497 e. The Balaban J connectivity index is 1.48. The van der Waals surface area contributed by atoms with Crippen molar-refractivity contribution in [1.82, 2.24) is 9.55 Å². The lowest BCUT2D eigenvalue weighted by molar-refractivity contribution is 0.0914. The van der Waals surface area contributed by atoms with E-state index in [1.165, 1.54) is 15.8 Å². The first-order chi connectivity index (χ1) is 13.5. The van der Waals surface area contributed by atoms with Crippen molar-refractivity contribution in [2.24, 2.45) is 5.92 Å². The maximum absolute atomic E-state index is 13.0. The first-order valence-electron chi connectivity index (χ1n) is 9.49. The molecule has 1 aliphatic carbocycles. The van der Waals surface area contributed by atoms with Crippen LogP contribution in [0.4, 0.5) is 0 Å². The van der Waals surface area contributed by atoms with Gasteiger partial charge in [0.05, 0.1) is 25.4 Å². The third kappa shape index (κ3) is 3.77. The van der Waals surface area contributed by atoms with Crippen LogP contribution < -0.4 is 15.0 Å². The standard InChI is InChI=1S/C21H24N2O4S/c1-13-3-8-17-18(9-13)28-20-19(17)21(25)23(12-22-20)10-14(24)11-27-16-6-4-15(26-2)5-7-16/h4-7,12-14,24H,3,8-11H2,1-2H3/t13-,14+/m1/s1. The molecule has 0 bridgehead atoms. The third-order valence-electron chi connectivity index (χ3n) is 5.19. The van der Waals surface area contributed by atoms with Crippen molar-refractivity contribution in [2.75, 3.05) is 13.7 Å². The van der Waals surface area contributed by atoms with Gasteiger partial charge in [-0.1, -0.05) is 6.92 Å². The summed E-state index contributed by atoms with van der Waals surface area (Å²) < 4.78 is 12.2. The van der Waals surface area contributed by atoms with Crippen molar-refractivity contribution < 1.29 is 14.6 Å². The normalized spacial score (nSPS) is 17.3. The molecule has 1 N–H and O–H groups in total. The zero-order valence-electron chi connectivity index (χ0n) is 16.1. The first-order valence-corrected chi connectivity index (χ1v) is 10.3. The number of thiophene rings is 1. The molecule has 6 nitrogen and oxygen atoms in total. The van der Waals surface area contributed by atoms with Gasteiger partial charge in [-0.25, -0.2) is 4.98 Å². The minimum atomic E-state index is -0.812. The number of aliphatic hydroxyl groups is 1. The highest BCUT2D eigenvalue weighted by Crippen LogP contribution is 2.35. The van der Waals surface area contributed by atoms with Crippen LogP contribution >= 0.6 is 11.3 Å². The van der Waals surface area contributed by atoms with E-state index in [2.05, 4.69) is 11.9 Å². The molecule has 1 aliphatic rings. The lowest BCUT2D eigenvalue weighted by atomic mass is 9.89. The van der Waals surface area contributed by atoms with Crippen molar-refractivity contribution in [3.63, 3.8) is 0 Å². The zero-order valence-corrected chi connectivity index (χ0v) is 16.9. The van der Waals surface area contributed by atoms with E-state index < -0.39 is 6.10 Å². The van der Waals surface area contributed by atoms with Crippen LogP contribution in [0.1, 0.15) is 23.8 Å². The second kappa shape index (κ2) is 7.93. The number of aromatic nitrogens is 2. The van der Waals surface area contributed by atoms with Crippen LogP contribution in [0.2, 0.25) is 0 Å². The largest absolute Gasteiger partial charge is 0.497 e. The van der Waals surface area contributed by atoms with E-state index in [1.807, 2.05) is 0 Å². The Kier molecular flexibility index (Phi) is 5.37. The van der Waals surface area contributed by atoms with E-state index in [9.17, 15) is 9.90 Å². The second-order valence-corrected chi connectivity index (χ2v) is 8.46. The number of nitrogens with zero attached hydrogens (tertiary/aromatic N) is 2. The molecule has 148 valence electrons. The molecule has 0 fully saturated rings. The Morgan fingerprint density at radius 1 is 1.32 bits per heavy atom. The summed E-state index contributed by atoms with van der Waals surface area (Å²) in [6.45, 7) is 2.49. The summed E-state index contributed by atoms with van der Waals surface area (Å²) >= 11 is 1.63. The number of aliphatic hydroxyl groups excluding tert-OH is 1. The second-order valence-electron chi connectivity index (χ2n) is 7.37. The molecular weight excluding hydrogens is 376 g/mol. The van der Waals surface area contributed by atoms with Gasteiger partial charge in [-0.2, -0.15) is 0 Å². The van der Waals surface area contributed by atoms with Gasteiger partial charge in [0.15, 0.2) is 0 Å². The van der Waals surface area contributed by atoms with Crippen molar-refractivity contribution in [2.45, 2.75) is 38.8 Å². The fourth-order valence-electron chi connectivity index (χ4n) is 3.64. The highest BCUT2D eigenvalue weighted by atomic mass is 32.1. The zero-order chi connectivity index (χ0) is 19.7. The van der Waals surface area contributed by atoms with E-state index in [4.69, 9.17) is 9.47 Å². The Bertz CT molecular complexity index is 1030. The van der Waals surface area contributed by atoms with Gasteiger partial charge < -0.3 is 14.6 Å². The summed E-state index contributed by atoms with van der Waals surface area (Å²) in [6.07, 6.45) is 3.78. The number of methoxy groups -OCH3 is 1. The Hall–Kier alpha value is -2.38. The van der Waals surface area contributed by atoms with Gasteiger partial charge in [-0.3, -0.25) is 9.36 Å². The van der Waals surface area contributed by atoms with Gasteiger partial charge in [0.2, 0.25) is 0 Å². The number of ether oxygens (including phenoxy) is 2. The number of rotatable bonds is 6. The molecule has 2 heterocycles. The average Bonchev–Trinajstić information content (AvgIpc) is 3.07. The monoisotopic (exact) mass is 400 g/mol. The molecule has 0 saturated carbocycles. The SMILES string of the molecule is COc1ccc(OC[C@@H](O)Cn2cnc3sc4c(c3c2=O)CC[C@@H](C)C4)cc1. The molecule has 0 aliphatic heterocycles. The molecule has 28 heavy (non-hydrogen) atoms. The van der Waals surface area contributed by atoms with E-state index >= 15 is 0 Å². The molecule has 0 radical (unpaired) electrons. The fraction of sp³-hybridized carbons (Fsp3) is 0.429. The van der Waals surface area contributed by atoms with E-state index in [0.29, 0.717) is 11.7 Å². The highest BCUT2D eigenvalue weighted by Gasteiger charge is 2.23. The maximum Gasteiger partial charge on any atom is 0.262 e. The molecule has 2 aromatic heterocycles. The highest BCUT2D eigenvalue weighted by molar-refractivity contribution is 7.18. The predicted octanol–water partition coefficient (Wildman–Crippen LogP) is 3.03. The number of benzene rings is 1. The molecule has 0 unspecified atom stereocenters. The van der Waals surface area contributed by atoms with Gasteiger partial charge in [-0.05, 0) is 55.0 Å². The minimum absolute atomic E-state index is 0.0689. The van der Waals surface area contributed by atoms with E-state index in [1.54, 1.807) is 42.7 Å². The van der Waals surface area contributed by atoms with E-state index in [0.717, 1.165) is 40.8 Å². The van der Waals surface area contributed by atoms with Crippen molar-refractivity contribution in [3.05, 3.63) is 51.4 Å². The summed E-state index contributed by atoms with van der Waals surface area (Å²) in [6, 6.07) is 7.16. The van der Waals surface area contributed by atoms with Gasteiger partial charge in [0.25, 0.3) is 5.56 Å².